The molecule has 0 fully saturated rings. The van der Waals surface area contributed by atoms with Crippen molar-refractivity contribution in [3.8, 4) is 0 Å². The fourth-order valence-corrected chi connectivity index (χ4v) is 3.03. The Labute approximate surface area is 162 Å². The van der Waals surface area contributed by atoms with Gasteiger partial charge in [-0.05, 0) is 25.7 Å². The summed E-state index contributed by atoms with van der Waals surface area (Å²) in [5.74, 6) is -3.33. The molecule has 1 unspecified atom stereocenters. The minimum Gasteiger partial charge on any atom is -0.469 e. The van der Waals surface area contributed by atoms with Crippen molar-refractivity contribution in [2.24, 2.45) is 5.92 Å². The molecule has 0 aromatic carbocycles. The van der Waals surface area contributed by atoms with Gasteiger partial charge in [-0.1, -0.05) is 38.2 Å². The lowest BCUT2D eigenvalue weighted by Crippen LogP contribution is -2.50. The molecule has 0 saturated carbocycles. The minimum atomic E-state index is -2.13. The summed E-state index contributed by atoms with van der Waals surface area (Å²) in [6, 6.07) is 0. The second kappa shape index (κ2) is 14.2. The first kappa shape index (κ1) is 25.1. The van der Waals surface area contributed by atoms with E-state index in [2.05, 4.69) is 16.1 Å². The van der Waals surface area contributed by atoms with Crippen molar-refractivity contribution in [3.63, 3.8) is 0 Å². The average Bonchev–Trinajstić information content (AvgIpc) is 2.69. The van der Waals surface area contributed by atoms with Crippen LogP contribution in [0.4, 0.5) is 0 Å². The first-order valence-electron chi connectivity index (χ1n) is 9.43. The lowest BCUT2D eigenvalue weighted by Gasteiger charge is -2.31. The zero-order valence-corrected chi connectivity index (χ0v) is 16.8. The fourth-order valence-electron chi connectivity index (χ4n) is 3.03. The van der Waals surface area contributed by atoms with E-state index in [-0.39, 0.29) is 19.3 Å². The maximum Gasteiger partial charge on any atom is 0.338 e. The van der Waals surface area contributed by atoms with E-state index in [9.17, 15) is 19.5 Å². The molecule has 0 saturated heterocycles. The predicted molar refractivity (Wildman–Crippen MR) is 101 cm³/mol. The van der Waals surface area contributed by atoms with Crippen LogP contribution in [-0.4, -0.2) is 49.9 Å². The summed E-state index contributed by atoms with van der Waals surface area (Å²) in [4.78, 5) is 35.8. The third kappa shape index (κ3) is 9.04. The summed E-state index contributed by atoms with van der Waals surface area (Å²) in [6.07, 6.45) is 8.55. The SMILES string of the molecule is C=CCCCCCCCC[C@H](C(=O)OC)C(O)(CCC(=O)OC)C(=O)OC. The molecule has 0 rings (SSSR count). The summed E-state index contributed by atoms with van der Waals surface area (Å²) in [6.45, 7) is 3.69. The Morgan fingerprint density at radius 1 is 0.963 bits per heavy atom. The van der Waals surface area contributed by atoms with Crippen LogP contribution in [-0.2, 0) is 28.6 Å². The van der Waals surface area contributed by atoms with Gasteiger partial charge >= 0.3 is 17.9 Å². The van der Waals surface area contributed by atoms with Gasteiger partial charge in [0.2, 0.25) is 0 Å². The van der Waals surface area contributed by atoms with E-state index in [1.807, 2.05) is 6.08 Å². The smallest absolute Gasteiger partial charge is 0.338 e. The lowest BCUT2D eigenvalue weighted by atomic mass is 9.80. The van der Waals surface area contributed by atoms with Crippen LogP contribution in [0, 0.1) is 5.92 Å². The molecule has 0 radical (unpaired) electrons. The molecule has 156 valence electrons. The van der Waals surface area contributed by atoms with Crippen molar-refractivity contribution < 1.29 is 33.7 Å². The van der Waals surface area contributed by atoms with Gasteiger partial charge in [0.25, 0.3) is 0 Å². The highest BCUT2D eigenvalue weighted by Crippen LogP contribution is 2.31. The molecule has 0 aromatic heterocycles. The molecular formula is C20H34O7. The normalized spacial score (nSPS) is 13.9. The topological polar surface area (TPSA) is 99.1 Å². The Morgan fingerprint density at radius 2 is 1.56 bits per heavy atom. The summed E-state index contributed by atoms with van der Waals surface area (Å²) in [5, 5.41) is 10.9. The van der Waals surface area contributed by atoms with Crippen molar-refractivity contribution in [1.29, 1.82) is 0 Å². The van der Waals surface area contributed by atoms with Crippen molar-refractivity contribution >= 4 is 17.9 Å². The number of esters is 3. The molecular weight excluding hydrogens is 352 g/mol. The van der Waals surface area contributed by atoms with E-state index in [1.165, 1.54) is 14.2 Å². The molecule has 0 aliphatic carbocycles. The zero-order chi connectivity index (χ0) is 20.7. The highest BCUT2D eigenvalue weighted by molar-refractivity contribution is 5.88. The maximum absolute atomic E-state index is 12.2. The fraction of sp³-hybridized carbons (Fsp3) is 0.750. The lowest BCUT2D eigenvalue weighted by molar-refractivity contribution is -0.181. The van der Waals surface area contributed by atoms with Crippen LogP contribution in [0.3, 0.4) is 0 Å². The number of allylic oxidation sites excluding steroid dienone is 1. The van der Waals surface area contributed by atoms with Crippen LogP contribution in [0.25, 0.3) is 0 Å². The van der Waals surface area contributed by atoms with Crippen LogP contribution in [0.5, 0.6) is 0 Å². The summed E-state index contributed by atoms with van der Waals surface area (Å²) < 4.78 is 14.0. The number of hydrogen-bond acceptors (Lipinski definition) is 7. The number of aliphatic hydroxyl groups is 1. The second-order valence-corrected chi connectivity index (χ2v) is 6.56. The highest BCUT2D eigenvalue weighted by Gasteiger charge is 2.49. The van der Waals surface area contributed by atoms with Gasteiger partial charge in [-0.3, -0.25) is 9.59 Å². The Hall–Kier alpha value is -1.89. The molecule has 27 heavy (non-hydrogen) atoms. The quantitative estimate of drug-likeness (QED) is 0.200. The number of unbranched alkanes of at least 4 members (excludes halogenated alkanes) is 6. The Morgan fingerprint density at radius 3 is 2.07 bits per heavy atom. The molecule has 2 atom stereocenters. The van der Waals surface area contributed by atoms with E-state index in [0.717, 1.165) is 45.6 Å². The number of rotatable bonds is 15. The minimum absolute atomic E-state index is 0.209. The van der Waals surface area contributed by atoms with Crippen molar-refractivity contribution in [2.45, 2.75) is 69.8 Å². The van der Waals surface area contributed by atoms with E-state index >= 15 is 0 Å². The largest absolute Gasteiger partial charge is 0.469 e. The van der Waals surface area contributed by atoms with Gasteiger partial charge in [0, 0.05) is 6.42 Å². The second-order valence-electron chi connectivity index (χ2n) is 6.56. The maximum atomic E-state index is 12.2. The standard InChI is InChI=1S/C20H34O7/c1-5-6-7-8-9-10-11-12-13-16(18(22)26-3)20(24,19(23)27-4)15-14-17(21)25-2/h5,16,24H,1,6-15H2,2-4H3/t16-,20?/m1/s1. The van der Waals surface area contributed by atoms with Crippen molar-refractivity contribution in [2.75, 3.05) is 21.3 Å². The number of carbonyl (C=O) groups excluding carboxylic acids is 3. The number of carbonyl (C=O) groups is 3. The summed E-state index contributed by atoms with van der Waals surface area (Å²) in [7, 11) is 3.54. The van der Waals surface area contributed by atoms with Crippen LogP contribution < -0.4 is 0 Å². The van der Waals surface area contributed by atoms with E-state index in [4.69, 9.17) is 4.74 Å². The van der Waals surface area contributed by atoms with E-state index in [1.54, 1.807) is 0 Å². The van der Waals surface area contributed by atoms with Gasteiger partial charge in [-0.2, -0.15) is 0 Å². The summed E-state index contributed by atoms with van der Waals surface area (Å²) >= 11 is 0. The monoisotopic (exact) mass is 386 g/mol. The number of hydrogen-bond donors (Lipinski definition) is 1. The first-order chi connectivity index (χ1) is 12.9. The van der Waals surface area contributed by atoms with Gasteiger partial charge < -0.3 is 19.3 Å². The Bertz CT molecular complexity index is 475. The average molecular weight is 386 g/mol. The molecule has 0 aliphatic rings. The third-order valence-electron chi connectivity index (χ3n) is 4.69. The molecule has 1 N–H and O–H groups in total. The molecule has 0 spiro atoms. The summed E-state index contributed by atoms with van der Waals surface area (Å²) in [5.41, 5.74) is -2.13. The van der Waals surface area contributed by atoms with Gasteiger partial charge in [0.15, 0.2) is 5.60 Å². The molecule has 0 amide bonds. The van der Waals surface area contributed by atoms with Gasteiger partial charge in [0.05, 0.1) is 27.2 Å². The molecule has 0 aromatic rings. The Balaban J connectivity index is 4.86. The van der Waals surface area contributed by atoms with E-state index in [0.29, 0.717) is 6.42 Å². The highest BCUT2D eigenvalue weighted by atomic mass is 16.5. The van der Waals surface area contributed by atoms with Gasteiger partial charge in [-0.15, -0.1) is 6.58 Å². The Kier molecular flexibility index (Phi) is 13.2. The number of methoxy groups -OCH3 is 3. The van der Waals surface area contributed by atoms with Gasteiger partial charge in [0.1, 0.15) is 0 Å². The predicted octanol–water partition coefficient (Wildman–Crippen LogP) is 2.94. The molecule has 0 heterocycles. The number of ether oxygens (including phenoxy) is 3. The molecule has 7 heteroatoms. The van der Waals surface area contributed by atoms with Crippen LogP contribution in [0.2, 0.25) is 0 Å². The van der Waals surface area contributed by atoms with Crippen LogP contribution >= 0.6 is 0 Å². The van der Waals surface area contributed by atoms with E-state index < -0.39 is 29.4 Å². The van der Waals surface area contributed by atoms with Crippen LogP contribution in [0.15, 0.2) is 12.7 Å². The van der Waals surface area contributed by atoms with Crippen molar-refractivity contribution in [1.82, 2.24) is 0 Å². The van der Waals surface area contributed by atoms with Gasteiger partial charge in [-0.25, -0.2) is 4.79 Å². The van der Waals surface area contributed by atoms with Crippen molar-refractivity contribution in [3.05, 3.63) is 12.7 Å². The zero-order valence-electron chi connectivity index (χ0n) is 16.8. The molecule has 0 bridgehead atoms. The third-order valence-corrected chi connectivity index (χ3v) is 4.69. The molecule has 0 aliphatic heterocycles. The van der Waals surface area contributed by atoms with Crippen LogP contribution in [0.1, 0.15) is 64.2 Å². The molecule has 7 nitrogen and oxygen atoms in total. The first-order valence-corrected chi connectivity index (χ1v) is 9.43.